The second-order valence-corrected chi connectivity index (χ2v) is 5.02. The molecule has 0 saturated heterocycles. The molecule has 1 rings (SSSR count). The normalized spacial score (nSPS) is 10.1. The van der Waals surface area contributed by atoms with Crippen LogP contribution in [-0.4, -0.2) is 35.5 Å². The molecule has 1 amide bonds. The minimum atomic E-state index is -1.05. The standard InChI is InChI=1S/C12H14ClNO3S/c1-18-6-5-11(15)14(8-12(16)17)10-4-2-3-9(13)7-10/h2-4,7H,5-6,8H2,1H3,(H,16,17). The van der Waals surface area contributed by atoms with Crippen LogP contribution in [0.15, 0.2) is 24.3 Å². The van der Waals surface area contributed by atoms with Crippen molar-refractivity contribution in [3.05, 3.63) is 29.3 Å². The Hall–Kier alpha value is -1.20. The van der Waals surface area contributed by atoms with Crippen LogP contribution in [0.25, 0.3) is 0 Å². The van der Waals surface area contributed by atoms with E-state index in [1.807, 2.05) is 6.26 Å². The number of benzene rings is 1. The van der Waals surface area contributed by atoms with Gasteiger partial charge in [-0.1, -0.05) is 17.7 Å². The third kappa shape index (κ3) is 4.58. The Morgan fingerprint density at radius 2 is 2.17 bits per heavy atom. The number of carbonyl (C=O) groups is 2. The van der Waals surface area contributed by atoms with Crippen molar-refractivity contribution in [2.45, 2.75) is 6.42 Å². The summed E-state index contributed by atoms with van der Waals surface area (Å²) in [5.41, 5.74) is 0.510. The molecule has 0 aromatic heterocycles. The number of carboxylic acid groups (broad SMARTS) is 1. The van der Waals surface area contributed by atoms with E-state index in [1.54, 1.807) is 36.0 Å². The van der Waals surface area contributed by atoms with E-state index in [4.69, 9.17) is 16.7 Å². The number of rotatable bonds is 6. The van der Waals surface area contributed by atoms with Crippen molar-refractivity contribution in [1.82, 2.24) is 0 Å². The monoisotopic (exact) mass is 287 g/mol. The molecule has 0 fully saturated rings. The first kappa shape index (κ1) is 14.9. The molecular formula is C12H14ClNO3S. The quantitative estimate of drug-likeness (QED) is 0.873. The highest BCUT2D eigenvalue weighted by atomic mass is 35.5. The number of nitrogens with zero attached hydrogens (tertiary/aromatic N) is 1. The zero-order chi connectivity index (χ0) is 13.5. The van der Waals surface area contributed by atoms with Crippen molar-refractivity contribution in [2.24, 2.45) is 0 Å². The lowest BCUT2D eigenvalue weighted by molar-refractivity contribution is -0.136. The lowest BCUT2D eigenvalue weighted by Crippen LogP contribution is -2.35. The van der Waals surface area contributed by atoms with Gasteiger partial charge in [0, 0.05) is 22.9 Å². The van der Waals surface area contributed by atoms with Gasteiger partial charge in [-0.05, 0) is 24.5 Å². The minimum Gasteiger partial charge on any atom is -0.480 e. The predicted molar refractivity (Wildman–Crippen MR) is 74.4 cm³/mol. The van der Waals surface area contributed by atoms with E-state index in [2.05, 4.69) is 0 Å². The lowest BCUT2D eigenvalue weighted by atomic mass is 10.2. The van der Waals surface area contributed by atoms with Crippen LogP contribution in [0.5, 0.6) is 0 Å². The predicted octanol–water partition coefficient (Wildman–Crippen LogP) is 2.51. The van der Waals surface area contributed by atoms with E-state index in [0.29, 0.717) is 22.9 Å². The highest BCUT2D eigenvalue weighted by molar-refractivity contribution is 7.98. The molecular weight excluding hydrogens is 274 g/mol. The summed E-state index contributed by atoms with van der Waals surface area (Å²) in [7, 11) is 0. The van der Waals surface area contributed by atoms with Crippen molar-refractivity contribution in [2.75, 3.05) is 23.5 Å². The van der Waals surface area contributed by atoms with Gasteiger partial charge in [0.15, 0.2) is 0 Å². The summed E-state index contributed by atoms with van der Waals surface area (Å²) in [5, 5.41) is 9.33. The number of amides is 1. The largest absolute Gasteiger partial charge is 0.480 e. The Morgan fingerprint density at radius 3 is 2.72 bits per heavy atom. The van der Waals surface area contributed by atoms with E-state index in [-0.39, 0.29) is 12.5 Å². The van der Waals surface area contributed by atoms with Crippen LogP contribution in [-0.2, 0) is 9.59 Å². The van der Waals surface area contributed by atoms with Gasteiger partial charge in [0.1, 0.15) is 6.54 Å². The maximum atomic E-state index is 12.0. The van der Waals surface area contributed by atoms with Gasteiger partial charge in [-0.2, -0.15) is 11.8 Å². The van der Waals surface area contributed by atoms with Gasteiger partial charge in [0.2, 0.25) is 5.91 Å². The van der Waals surface area contributed by atoms with Gasteiger partial charge in [-0.15, -0.1) is 0 Å². The van der Waals surface area contributed by atoms with E-state index in [0.717, 1.165) is 0 Å². The summed E-state index contributed by atoms with van der Waals surface area (Å²) in [5.74, 6) is -0.600. The molecule has 0 aliphatic carbocycles. The molecule has 0 radical (unpaired) electrons. The zero-order valence-corrected chi connectivity index (χ0v) is 11.5. The molecule has 1 aromatic rings. The SMILES string of the molecule is CSCCC(=O)N(CC(=O)O)c1cccc(Cl)c1. The van der Waals surface area contributed by atoms with Gasteiger partial charge in [0.25, 0.3) is 0 Å². The summed E-state index contributed by atoms with van der Waals surface area (Å²) >= 11 is 7.39. The fraction of sp³-hybridized carbons (Fsp3) is 0.333. The third-order valence-corrected chi connectivity index (χ3v) is 3.08. The highest BCUT2D eigenvalue weighted by Gasteiger charge is 2.18. The topological polar surface area (TPSA) is 57.6 Å². The first-order valence-corrected chi connectivity index (χ1v) is 7.08. The van der Waals surface area contributed by atoms with E-state index < -0.39 is 5.97 Å². The molecule has 0 atom stereocenters. The second kappa shape index (κ2) is 7.28. The van der Waals surface area contributed by atoms with E-state index in [1.165, 1.54) is 4.90 Å². The first-order chi connectivity index (χ1) is 8.54. The van der Waals surface area contributed by atoms with Crippen LogP contribution >= 0.6 is 23.4 Å². The Bertz CT molecular complexity index is 439. The molecule has 1 N–H and O–H groups in total. The average molecular weight is 288 g/mol. The molecule has 0 saturated carbocycles. The molecule has 0 aliphatic rings. The lowest BCUT2D eigenvalue weighted by Gasteiger charge is -2.21. The summed E-state index contributed by atoms with van der Waals surface area (Å²) < 4.78 is 0. The van der Waals surface area contributed by atoms with Gasteiger partial charge in [-0.3, -0.25) is 9.59 Å². The first-order valence-electron chi connectivity index (χ1n) is 5.31. The molecule has 18 heavy (non-hydrogen) atoms. The average Bonchev–Trinajstić information content (AvgIpc) is 2.32. The summed E-state index contributed by atoms with van der Waals surface area (Å²) in [4.78, 5) is 24.0. The van der Waals surface area contributed by atoms with Gasteiger partial charge in [-0.25, -0.2) is 0 Å². The zero-order valence-electron chi connectivity index (χ0n) is 9.93. The number of hydrogen-bond acceptors (Lipinski definition) is 3. The molecule has 0 unspecified atom stereocenters. The summed E-state index contributed by atoms with van der Waals surface area (Å²) in [6.45, 7) is -0.354. The van der Waals surface area contributed by atoms with Crippen molar-refractivity contribution in [1.29, 1.82) is 0 Å². The number of carbonyl (C=O) groups excluding carboxylic acids is 1. The summed E-state index contributed by atoms with van der Waals surface area (Å²) in [6.07, 6.45) is 2.20. The van der Waals surface area contributed by atoms with Crippen LogP contribution in [0, 0.1) is 0 Å². The number of carboxylic acids is 1. The molecule has 0 aliphatic heterocycles. The maximum Gasteiger partial charge on any atom is 0.323 e. The van der Waals surface area contributed by atoms with Gasteiger partial charge in [0.05, 0.1) is 0 Å². The third-order valence-electron chi connectivity index (χ3n) is 2.23. The van der Waals surface area contributed by atoms with Crippen LogP contribution in [0.3, 0.4) is 0 Å². The van der Waals surface area contributed by atoms with Crippen molar-refractivity contribution in [3.63, 3.8) is 0 Å². The molecule has 0 spiro atoms. The number of halogens is 1. The Morgan fingerprint density at radius 1 is 1.44 bits per heavy atom. The fourth-order valence-corrected chi connectivity index (χ4v) is 1.99. The Kier molecular flexibility index (Phi) is 6.01. The molecule has 6 heteroatoms. The van der Waals surface area contributed by atoms with Gasteiger partial charge >= 0.3 is 5.97 Å². The Balaban J connectivity index is 2.90. The number of aliphatic carboxylic acids is 1. The molecule has 1 aromatic carbocycles. The number of hydrogen-bond donors (Lipinski definition) is 1. The van der Waals surface area contributed by atoms with Crippen molar-refractivity contribution >= 4 is 40.9 Å². The van der Waals surface area contributed by atoms with Crippen molar-refractivity contribution < 1.29 is 14.7 Å². The summed E-state index contributed by atoms with van der Waals surface area (Å²) in [6, 6.07) is 6.62. The van der Waals surface area contributed by atoms with Crippen LogP contribution < -0.4 is 4.90 Å². The maximum absolute atomic E-state index is 12.0. The molecule has 4 nitrogen and oxygen atoms in total. The number of anilines is 1. The smallest absolute Gasteiger partial charge is 0.323 e. The molecule has 0 heterocycles. The fourth-order valence-electron chi connectivity index (χ4n) is 1.43. The number of thioether (sulfide) groups is 1. The minimum absolute atomic E-state index is 0.214. The molecule has 98 valence electrons. The van der Waals surface area contributed by atoms with E-state index in [9.17, 15) is 9.59 Å². The highest BCUT2D eigenvalue weighted by Crippen LogP contribution is 2.20. The van der Waals surface area contributed by atoms with Crippen LogP contribution in [0.2, 0.25) is 5.02 Å². The van der Waals surface area contributed by atoms with Crippen LogP contribution in [0.1, 0.15) is 6.42 Å². The molecule has 0 bridgehead atoms. The van der Waals surface area contributed by atoms with Gasteiger partial charge < -0.3 is 10.0 Å². The van der Waals surface area contributed by atoms with Crippen molar-refractivity contribution in [3.8, 4) is 0 Å². The van der Waals surface area contributed by atoms with E-state index >= 15 is 0 Å². The second-order valence-electron chi connectivity index (χ2n) is 3.60. The van der Waals surface area contributed by atoms with Crippen LogP contribution in [0.4, 0.5) is 5.69 Å². The Labute approximate surface area is 115 Å².